The fourth-order valence-electron chi connectivity index (χ4n) is 1.22. The van der Waals surface area contributed by atoms with Crippen molar-refractivity contribution in [2.24, 2.45) is 0 Å². The van der Waals surface area contributed by atoms with Crippen molar-refractivity contribution in [3.8, 4) is 0 Å². The Labute approximate surface area is 129 Å². The van der Waals surface area contributed by atoms with E-state index in [0.717, 1.165) is 0 Å². The number of non-ortho nitro benzene ring substituents is 1. The molecule has 14 heteroatoms. The highest BCUT2D eigenvalue weighted by Crippen LogP contribution is 2.36. The molecule has 1 aromatic carbocycles. The van der Waals surface area contributed by atoms with Crippen LogP contribution in [-0.4, -0.2) is 49.1 Å². The quantitative estimate of drug-likeness (QED) is 0.325. The summed E-state index contributed by atoms with van der Waals surface area (Å²) < 4.78 is 35.1. The third kappa shape index (κ3) is 5.89. The average molecular weight is 353 g/mol. The van der Waals surface area contributed by atoms with E-state index in [0.29, 0.717) is 0 Å². The summed E-state index contributed by atoms with van der Waals surface area (Å²) in [5.74, 6) is 0. The maximum atomic E-state index is 10.8. The molecule has 0 aliphatic rings. The molecule has 0 aromatic heterocycles. The van der Waals surface area contributed by atoms with Crippen LogP contribution >= 0.6 is 0 Å². The number of hydrogen-bond donors (Lipinski definition) is 0. The molecule has 23 heavy (non-hydrogen) atoms. The monoisotopic (exact) mass is 353 g/mol. The van der Waals surface area contributed by atoms with Gasteiger partial charge in [-0.1, -0.05) is 0 Å². The van der Waals surface area contributed by atoms with Gasteiger partial charge in [0.15, 0.2) is 0 Å². The lowest BCUT2D eigenvalue weighted by Gasteiger charge is -2.07. The predicted molar refractivity (Wildman–Crippen MR) is 73.2 cm³/mol. The molecule has 1 rings (SSSR count). The first-order valence-corrected chi connectivity index (χ1v) is 6.76. The summed E-state index contributed by atoms with van der Waals surface area (Å²) >= 11 is 0. The normalized spacial score (nSPS) is 10.7. The second-order valence-corrected chi connectivity index (χ2v) is 5.58. The van der Waals surface area contributed by atoms with Crippen LogP contribution in [-0.2, 0) is 14.5 Å². The van der Waals surface area contributed by atoms with Crippen molar-refractivity contribution in [3.05, 3.63) is 42.5 Å². The highest BCUT2D eigenvalue weighted by Gasteiger charge is 2.34. The number of rotatable bonds is 4. The lowest BCUT2D eigenvalue weighted by atomic mass is 10.2. The molecular formula is C9H11N3O10S. The van der Waals surface area contributed by atoms with E-state index in [4.69, 9.17) is 0 Å². The molecule has 0 saturated heterocycles. The van der Waals surface area contributed by atoms with Crippen molar-refractivity contribution in [3.63, 3.8) is 0 Å². The Kier molecular flexibility index (Phi) is 6.64. The van der Waals surface area contributed by atoms with Crippen molar-refractivity contribution in [2.45, 2.75) is 4.90 Å². The van der Waals surface area contributed by atoms with Gasteiger partial charge in [0.1, 0.15) is 31.4 Å². The summed E-state index contributed by atoms with van der Waals surface area (Å²) in [5.41, 5.74) is -4.11. The van der Waals surface area contributed by atoms with E-state index in [-0.39, 0.29) is 12.1 Å². The van der Waals surface area contributed by atoms with Gasteiger partial charge in [0, 0.05) is 0 Å². The van der Waals surface area contributed by atoms with E-state index in [1.165, 1.54) is 0 Å². The van der Waals surface area contributed by atoms with Gasteiger partial charge in [-0.25, -0.2) is 8.42 Å². The summed E-state index contributed by atoms with van der Waals surface area (Å²) in [5, 5.41) is 31.6. The lowest BCUT2D eigenvalue weighted by molar-refractivity contribution is -0.407. The first-order chi connectivity index (χ1) is 10.3. The van der Waals surface area contributed by atoms with Gasteiger partial charge in [0.05, 0.1) is 26.9 Å². The van der Waals surface area contributed by atoms with E-state index in [9.17, 15) is 43.3 Å². The molecule has 0 radical (unpaired) electrons. The Morgan fingerprint density at radius 1 is 0.870 bits per heavy atom. The van der Waals surface area contributed by atoms with Gasteiger partial charge in [-0.3, -0.25) is 30.3 Å². The SMILES string of the molecule is C[O+](C)C.O=[N+]([O-])c1cc([N+](=O)[O-])c(S(=O)(=O)[O-])c([N+](=O)[O-])c1. The van der Waals surface area contributed by atoms with E-state index < -0.39 is 46.8 Å². The van der Waals surface area contributed by atoms with Crippen LogP contribution in [0.25, 0.3) is 0 Å². The van der Waals surface area contributed by atoms with Crippen LogP contribution in [0.2, 0.25) is 0 Å². The fraction of sp³-hybridized carbons (Fsp3) is 0.333. The van der Waals surface area contributed by atoms with E-state index in [1.807, 2.05) is 21.3 Å². The van der Waals surface area contributed by atoms with Crippen molar-refractivity contribution in [1.82, 2.24) is 0 Å². The zero-order valence-corrected chi connectivity index (χ0v) is 12.8. The summed E-state index contributed by atoms with van der Waals surface area (Å²) in [4.78, 5) is 25.8. The molecule has 0 saturated carbocycles. The number of nitro groups is 3. The summed E-state index contributed by atoms with van der Waals surface area (Å²) in [6.07, 6.45) is 0. The Morgan fingerprint density at radius 2 is 1.17 bits per heavy atom. The minimum Gasteiger partial charge on any atom is -0.744 e. The Balaban J connectivity index is 0.00000108. The molecule has 0 bridgehead atoms. The molecule has 0 amide bonds. The zero-order valence-electron chi connectivity index (χ0n) is 12.0. The van der Waals surface area contributed by atoms with E-state index in [1.54, 1.807) is 0 Å². The lowest BCUT2D eigenvalue weighted by Crippen LogP contribution is -2.08. The first-order valence-electron chi connectivity index (χ1n) is 5.35. The van der Waals surface area contributed by atoms with Gasteiger partial charge >= 0.3 is 11.4 Å². The molecule has 0 aliphatic carbocycles. The Bertz CT molecular complexity index is 704. The molecule has 0 heterocycles. The number of hydrogen-bond acceptors (Lipinski definition) is 9. The maximum Gasteiger partial charge on any atom is 0.300 e. The minimum absolute atomic E-state index is 0.164. The first kappa shape index (κ1) is 20.3. The average Bonchev–Trinajstić information content (AvgIpc) is 2.34. The predicted octanol–water partition coefficient (Wildman–Crippen LogP) is 0.743. The van der Waals surface area contributed by atoms with Crippen LogP contribution in [0.15, 0.2) is 17.0 Å². The van der Waals surface area contributed by atoms with Crippen molar-refractivity contribution in [1.29, 1.82) is 0 Å². The third-order valence-electron chi connectivity index (χ3n) is 1.89. The van der Waals surface area contributed by atoms with Crippen LogP contribution in [0.5, 0.6) is 0 Å². The molecule has 13 nitrogen and oxygen atoms in total. The highest BCUT2D eigenvalue weighted by atomic mass is 32.2. The van der Waals surface area contributed by atoms with E-state index >= 15 is 0 Å². The fourth-order valence-corrected chi connectivity index (χ4v) is 2.00. The minimum atomic E-state index is -5.55. The van der Waals surface area contributed by atoms with Crippen molar-refractivity contribution >= 4 is 27.2 Å². The molecule has 0 unspecified atom stereocenters. The van der Waals surface area contributed by atoms with Gasteiger partial charge in [-0.2, -0.15) is 0 Å². The standard InChI is InChI=1S/C6H3N3O9S.C3H9O/c10-7(11)3-1-4(8(12)13)6(19(16,17)18)5(2-3)9(14)15;1-4(2)3/h1-2H,(H,16,17,18);1-3H3/q;+1/p-1. The molecule has 0 atom stereocenters. The van der Waals surface area contributed by atoms with Crippen LogP contribution < -0.4 is 0 Å². The second-order valence-electron chi connectivity index (χ2n) is 4.26. The van der Waals surface area contributed by atoms with Crippen LogP contribution in [0.3, 0.4) is 0 Å². The smallest absolute Gasteiger partial charge is 0.300 e. The van der Waals surface area contributed by atoms with Crippen LogP contribution in [0, 0.1) is 30.3 Å². The zero-order chi connectivity index (χ0) is 18.5. The molecule has 0 aliphatic heterocycles. The van der Waals surface area contributed by atoms with Gasteiger partial charge in [-0.05, 0) is 0 Å². The van der Waals surface area contributed by atoms with Gasteiger partial charge in [-0.15, -0.1) is 0 Å². The topological polar surface area (TPSA) is 189 Å². The van der Waals surface area contributed by atoms with Gasteiger partial charge in [0.25, 0.3) is 5.69 Å². The number of nitrogens with zero attached hydrogens (tertiary/aromatic N) is 3. The van der Waals surface area contributed by atoms with Gasteiger partial charge in [0.2, 0.25) is 4.90 Å². The van der Waals surface area contributed by atoms with Crippen LogP contribution in [0.4, 0.5) is 17.1 Å². The van der Waals surface area contributed by atoms with Crippen LogP contribution in [0.1, 0.15) is 0 Å². The molecule has 0 fully saturated rings. The summed E-state index contributed by atoms with van der Waals surface area (Å²) in [6, 6.07) is 0.329. The van der Waals surface area contributed by atoms with Crippen molar-refractivity contribution < 1.29 is 32.1 Å². The van der Waals surface area contributed by atoms with Gasteiger partial charge < -0.3 is 8.92 Å². The second kappa shape index (κ2) is 7.52. The van der Waals surface area contributed by atoms with Crippen molar-refractivity contribution in [2.75, 3.05) is 21.3 Å². The molecule has 1 aromatic rings. The maximum absolute atomic E-state index is 10.8. The molecule has 0 spiro atoms. The third-order valence-corrected chi connectivity index (χ3v) is 2.81. The summed E-state index contributed by atoms with van der Waals surface area (Å²) in [7, 11) is 0.197. The Morgan fingerprint density at radius 3 is 1.35 bits per heavy atom. The van der Waals surface area contributed by atoms with E-state index in [2.05, 4.69) is 4.37 Å². The molecular weight excluding hydrogens is 342 g/mol. The molecule has 128 valence electrons. The number of nitro benzene ring substituents is 3. The Hall–Kier alpha value is -2.71. The highest BCUT2D eigenvalue weighted by molar-refractivity contribution is 7.86. The number of benzene rings is 1. The molecule has 0 N–H and O–H groups in total. The summed E-state index contributed by atoms with van der Waals surface area (Å²) in [6.45, 7) is 0. The largest absolute Gasteiger partial charge is 0.744 e.